The first-order valence-electron chi connectivity index (χ1n) is 7.13. The smallest absolute Gasteiger partial charge is 0.270 e. The Balaban J connectivity index is 1.95. The van der Waals surface area contributed by atoms with Crippen molar-refractivity contribution in [2.24, 2.45) is 0 Å². The molecule has 0 spiro atoms. The van der Waals surface area contributed by atoms with Gasteiger partial charge in [-0.25, -0.2) is 0 Å². The second kappa shape index (κ2) is 7.09. The van der Waals surface area contributed by atoms with Gasteiger partial charge in [-0.3, -0.25) is 9.78 Å². The highest BCUT2D eigenvalue weighted by Crippen LogP contribution is 2.18. The molecular weight excluding hydrogens is 282 g/mol. The van der Waals surface area contributed by atoms with Crippen LogP contribution in [0, 0.1) is 0 Å². The van der Waals surface area contributed by atoms with Gasteiger partial charge in [0.25, 0.3) is 5.91 Å². The normalized spacial score (nSPS) is 13.5. The van der Waals surface area contributed by atoms with Crippen LogP contribution >= 0.6 is 0 Å². The van der Waals surface area contributed by atoms with E-state index in [1.165, 1.54) is 6.26 Å². The number of carbonyl (C=O) groups excluding carboxylic acids is 1. The Morgan fingerprint density at radius 2 is 2.23 bits per heavy atom. The maximum Gasteiger partial charge on any atom is 0.270 e. The first kappa shape index (κ1) is 16.0. The van der Waals surface area contributed by atoms with E-state index in [-0.39, 0.29) is 11.9 Å². The number of furan rings is 1. The van der Waals surface area contributed by atoms with E-state index >= 15 is 0 Å². The van der Waals surface area contributed by atoms with E-state index in [1.807, 2.05) is 32.0 Å². The Hall–Kier alpha value is -2.34. The third kappa shape index (κ3) is 4.08. The SMILES string of the molecule is CC(CC(O)c1ccco1)NC(=O)c1cc(N(C)C)ccn1. The van der Waals surface area contributed by atoms with Crippen LogP contribution in [0.5, 0.6) is 0 Å². The molecule has 0 saturated carbocycles. The van der Waals surface area contributed by atoms with Crippen molar-refractivity contribution in [3.63, 3.8) is 0 Å². The summed E-state index contributed by atoms with van der Waals surface area (Å²) < 4.78 is 5.15. The highest BCUT2D eigenvalue weighted by molar-refractivity contribution is 5.93. The molecule has 0 saturated heterocycles. The van der Waals surface area contributed by atoms with Crippen LogP contribution in [0.2, 0.25) is 0 Å². The Bertz CT molecular complexity index is 611. The third-order valence-corrected chi connectivity index (χ3v) is 3.32. The van der Waals surface area contributed by atoms with E-state index in [0.717, 1.165) is 5.69 Å². The molecule has 2 atom stereocenters. The van der Waals surface area contributed by atoms with Crippen molar-refractivity contribution in [1.29, 1.82) is 0 Å². The average Bonchev–Trinajstić information content (AvgIpc) is 3.01. The van der Waals surface area contributed by atoms with Gasteiger partial charge in [-0.1, -0.05) is 0 Å². The van der Waals surface area contributed by atoms with E-state index in [1.54, 1.807) is 24.4 Å². The molecule has 6 nitrogen and oxygen atoms in total. The summed E-state index contributed by atoms with van der Waals surface area (Å²) in [5, 5.41) is 12.8. The minimum absolute atomic E-state index is 0.211. The Morgan fingerprint density at radius 1 is 1.45 bits per heavy atom. The van der Waals surface area contributed by atoms with Gasteiger partial charge in [0.2, 0.25) is 0 Å². The Morgan fingerprint density at radius 3 is 2.86 bits per heavy atom. The van der Waals surface area contributed by atoms with E-state index in [0.29, 0.717) is 17.9 Å². The number of rotatable bonds is 6. The molecule has 2 rings (SSSR count). The number of aliphatic hydroxyl groups is 1. The largest absolute Gasteiger partial charge is 0.467 e. The lowest BCUT2D eigenvalue weighted by molar-refractivity contribution is 0.0898. The van der Waals surface area contributed by atoms with E-state index in [2.05, 4.69) is 10.3 Å². The topological polar surface area (TPSA) is 78.6 Å². The monoisotopic (exact) mass is 303 g/mol. The molecule has 22 heavy (non-hydrogen) atoms. The summed E-state index contributed by atoms with van der Waals surface area (Å²) in [6.07, 6.45) is 2.74. The molecule has 2 N–H and O–H groups in total. The van der Waals surface area contributed by atoms with Crippen molar-refractivity contribution in [2.75, 3.05) is 19.0 Å². The zero-order valence-corrected chi connectivity index (χ0v) is 13.0. The predicted octanol–water partition coefficient (Wildman–Crippen LogP) is 1.98. The number of nitrogens with zero attached hydrogens (tertiary/aromatic N) is 2. The van der Waals surface area contributed by atoms with Crippen LogP contribution < -0.4 is 10.2 Å². The number of hydrogen-bond donors (Lipinski definition) is 2. The minimum atomic E-state index is -0.744. The zero-order chi connectivity index (χ0) is 16.1. The van der Waals surface area contributed by atoms with Crippen molar-refractivity contribution in [3.05, 3.63) is 48.2 Å². The molecule has 0 aliphatic heterocycles. The number of hydrogen-bond acceptors (Lipinski definition) is 5. The molecule has 0 bridgehead atoms. The molecule has 2 aromatic heterocycles. The first-order valence-corrected chi connectivity index (χ1v) is 7.13. The lowest BCUT2D eigenvalue weighted by atomic mass is 10.1. The molecule has 0 aliphatic carbocycles. The maximum absolute atomic E-state index is 12.2. The fourth-order valence-corrected chi connectivity index (χ4v) is 2.11. The van der Waals surface area contributed by atoms with Crippen LogP contribution in [-0.4, -0.2) is 36.1 Å². The average molecular weight is 303 g/mol. The molecule has 0 radical (unpaired) electrons. The van der Waals surface area contributed by atoms with Crippen molar-refractivity contribution in [3.8, 4) is 0 Å². The van der Waals surface area contributed by atoms with Gasteiger partial charge >= 0.3 is 0 Å². The number of anilines is 1. The zero-order valence-electron chi connectivity index (χ0n) is 13.0. The van der Waals surface area contributed by atoms with Crippen LogP contribution in [0.3, 0.4) is 0 Å². The fraction of sp³-hybridized carbons (Fsp3) is 0.375. The van der Waals surface area contributed by atoms with Crippen LogP contribution in [0.4, 0.5) is 5.69 Å². The Labute approximate surface area is 129 Å². The van der Waals surface area contributed by atoms with E-state index in [9.17, 15) is 9.90 Å². The van der Waals surface area contributed by atoms with Crippen LogP contribution in [0.25, 0.3) is 0 Å². The third-order valence-electron chi connectivity index (χ3n) is 3.32. The number of nitrogens with one attached hydrogen (secondary N) is 1. The van der Waals surface area contributed by atoms with Gasteiger partial charge in [0.15, 0.2) is 0 Å². The second-order valence-electron chi connectivity index (χ2n) is 5.44. The molecule has 2 unspecified atom stereocenters. The molecule has 118 valence electrons. The first-order chi connectivity index (χ1) is 10.5. The van der Waals surface area contributed by atoms with Crippen molar-refractivity contribution in [1.82, 2.24) is 10.3 Å². The summed E-state index contributed by atoms with van der Waals surface area (Å²) in [7, 11) is 3.80. The quantitative estimate of drug-likeness (QED) is 0.853. The lowest BCUT2D eigenvalue weighted by Gasteiger charge is -2.17. The van der Waals surface area contributed by atoms with Gasteiger partial charge < -0.3 is 19.7 Å². The van der Waals surface area contributed by atoms with Gasteiger partial charge in [-0.15, -0.1) is 0 Å². The minimum Gasteiger partial charge on any atom is -0.467 e. The lowest BCUT2D eigenvalue weighted by Crippen LogP contribution is -2.34. The van der Waals surface area contributed by atoms with Gasteiger partial charge in [0.1, 0.15) is 17.6 Å². The van der Waals surface area contributed by atoms with E-state index < -0.39 is 6.10 Å². The van der Waals surface area contributed by atoms with Gasteiger partial charge in [0.05, 0.1) is 6.26 Å². The molecule has 2 heterocycles. The Kier molecular flexibility index (Phi) is 5.16. The van der Waals surface area contributed by atoms with Gasteiger partial charge in [-0.2, -0.15) is 0 Å². The second-order valence-corrected chi connectivity index (χ2v) is 5.44. The van der Waals surface area contributed by atoms with Crippen molar-refractivity contribution < 1.29 is 14.3 Å². The molecule has 0 aromatic carbocycles. The van der Waals surface area contributed by atoms with Crippen molar-refractivity contribution in [2.45, 2.75) is 25.5 Å². The van der Waals surface area contributed by atoms with Crippen LogP contribution in [-0.2, 0) is 0 Å². The molecule has 0 aliphatic rings. The summed E-state index contributed by atoms with van der Waals surface area (Å²) >= 11 is 0. The molecule has 0 fully saturated rings. The number of aromatic nitrogens is 1. The highest BCUT2D eigenvalue weighted by Gasteiger charge is 2.17. The van der Waals surface area contributed by atoms with Crippen molar-refractivity contribution >= 4 is 11.6 Å². The van der Waals surface area contributed by atoms with Crippen LogP contribution in [0.1, 0.15) is 35.7 Å². The number of carbonyl (C=O) groups is 1. The summed E-state index contributed by atoms with van der Waals surface area (Å²) in [5.74, 6) is 0.233. The summed E-state index contributed by atoms with van der Waals surface area (Å²) in [6.45, 7) is 1.83. The maximum atomic E-state index is 12.2. The highest BCUT2D eigenvalue weighted by atomic mass is 16.4. The predicted molar refractivity (Wildman–Crippen MR) is 83.8 cm³/mol. The molecule has 2 aromatic rings. The fourth-order valence-electron chi connectivity index (χ4n) is 2.11. The molecule has 1 amide bonds. The van der Waals surface area contributed by atoms with Gasteiger partial charge in [-0.05, 0) is 31.2 Å². The summed E-state index contributed by atoms with van der Waals surface area (Å²) in [4.78, 5) is 18.2. The molecule has 6 heteroatoms. The number of pyridine rings is 1. The molecular formula is C16H21N3O3. The number of amides is 1. The summed E-state index contributed by atoms with van der Waals surface area (Å²) in [6, 6.07) is 6.78. The van der Waals surface area contributed by atoms with Crippen LogP contribution in [0.15, 0.2) is 41.1 Å². The summed E-state index contributed by atoms with van der Waals surface area (Å²) in [5.41, 5.74) is 1.26. The van der Waals surface area contributed by atoms with Gasteiger partial charge in [0, 0.05) is 38.4 Å². The van der Waals surface area contributed by atoms with E-state index in [4.69, 9.17) is 4.42 Å². The standard InChI is InChI=1S/C16H21N3O3/c1-11(9-14(20)15-5-4-8-22-15)18-16(21)13-10-12(19(2)3)6-7-17-13/h4-8,10-11,14,20H,9H2,1-3H3,(H,18,21). The number of aliphatic hydroxyl groups excluding tert-OH is 1.